The fraction of sp³-hybridized carbons (Fsp3) is 0.310. The van der Waals surface area contributed by atoms with Crippen LogP contribution < -0.4 is 16.3 Å². The van der Waals surface area contributed by atoms with Crippen LogP contribution in [0.2, 0.25) is 0 Å². The number of fused-ring (bicyclic) bond motifs is 1. The molecule has 224 valence electrons. The van der Waals surface area contributed by atoms with Gasteiger partial charge in [0.15, 0.2) is 15.5 Å². The van der Waals surface area contributed by atoms with Crippen molar-refractivity contribution in [2.75, 3.05) is 36.5 Å². The van der Waals surface area contributed by atoms with E-state index in [1.807, 2.05) is 25.7 Å². The molecule has 0 radical (unpaired) electrons. The van der Waals surface area contributed by atoms with Crippen LogP contribution >= 0.6 is 0 Å². The number of halogens is 1. The van der Waals surface area contributed by atoms with Gasteiger partial charge in [0.2, 0.25) is 5.91 Å². The minimum Gasteiger partial charge on any atom is -0.397 e. The van der Waals surface area contributed by atoms with Gasteiger partial charge in [0.05, 0.1) is 33.5 Å². The van der Waals surface area contributed by atoms with Gasteiger partial charge in [-0.15, -0.1) is 0 Å². The van der Waals surface area contributed by atoms with Gasteiger partial charge < -0.3 is 15.5 Å². The highest BCUT2D eigenvalue weighted by atomic mass is 32.2. The molecule has 0 aliphatic carbocycles. The van der Waals surface area contributed by atoms with Crippen LogP contribution in [0.15, 0.2) is 59.1 Å². The van der Waals surface area contributed by atoms with Crippen LogP contribution in [0.5, 0.6) is 0 Å². The average molecular weight is 607 g/mol. The molecule has 0 bridgehead atoms. The largest absolute Gasteiger partial charge is 0.397 e. The number of amides is 1. The number of carbonyl (C=O) groups excluding carboxylic acids is 1. The van der Waals surface area contributed by atoms with Crippen molar-refractivity contribution in [1.29, 1.82) is 0 Å². The smallest absolute Gasteiger partial charge is 0.355 e. The summed E-state index contributed by atoms with van der Waals surface area (Å²) in [7, 11) is -3.87. The van der Waals surface area contributed by atoms with E-state index in [9.17, 15) is 18.0 Å². The third kappa shape index (κ3) is 5.33. The number of piperazine rings is 1. The maximum atomic E-state index is 15.9. The zero-order valence-electron chi connectivity index (χ0n) is 24.2. The van der Waals surface area contributed by atoms with Crippen molar-refractivity contribution in [3.63, 3.8) is 0 Å². The zero-order valence-corrected chi connectivity index (χ0v) is 25.0. The first kappa shape index (κ1) is 29.8. The molecule has 14 heteroatoms. The van der Waals surface area contributed by atoms with Crippen LogP contribution in [0.25, 0.3) is 28.0 Å². The van der Waals surface area contributed by atoms with Gasteiger partial charge in [-0.25, -0.2) is 27.2 Å². The van der Waals surface area contributed by atoms with Crippen molar-refractivity contribution in [3.8, 4) is 16.9 Å². The number of anilines is 2. The third-order valence-corrected chi connectivity index (χ3v) is 8.51. The second-order valence-corrected chi connectivity index (χ2v) is 12.7. The lowest BCUT2D eigenvalue weighted by Crippen LogP contribution is -2.54. The van der Waals surface area contributed by atoms with Crippen molar-refractivity contribution >= 4 is 38.3 Å². The number of aromatic nitrogens is 5. The van der Waals surface area contributed by atoms with E-state index in [1.165, 1.54) is 42.9 Å². The van der Waals surface area contributed by atoms with Gasteiger partial charge in [-0.3, -0.25) is 14.8 Å². The molecule has 0 spiro atoms. The molecule has 0 aromatic carbocycles. The minimum atomic E-state index is -3.87. The van der Waals surface area contributed by atoms with Gasteiger partial charge in [-0.1, -0.05) is 20.4 Å². The number of pyridine rings is 3. The van der Waals surface area contributed by atoms with Crippen LogP contribution in [0, 0.1) is 5.82 Å². The maximum Gasteiger partial charge on any atom is 0.355 e. The van der Waals surface area contributed by atoms with Crippen LogP contribution in [-0.2, 0) is 14.6 Å². The first-order chi connectivity index (χ1) is 20.3. The summed E-state index contributed by atoms with van der Waals surface area (Å²) in [4.78, 5) is 46.9. The summed E-state index contributed by atoms with van der Waals surface area (Å²) in [6.45, 7) is 9.97. The fourth-order valence-electron chi connectivity index (χ4n) is 5.34. The van der Waals surface area contributed by atoms with Crippen molar-refractivity contribution in [2.24, 2.45) is 0 Å². The monoisotopic (exact) mass is 606 g/mol. The number of nitrogens with zero attached hydrogens (tertiary/aromatic N) is 7. The Bertz CT molecular complexity index is 1940. The lowest BCUT2D eigenvalue weighted by atomic mass is 10.1. The second-order valence-electron chi connectivity index (χ2n) is 10.7. The summed E-state index contributed by atoms with van der Waals surface area (Å²) in [5.41, 5.74) is 5.84. The summed E-state index contributed by atoms with van der Waals surface area (Å²) in [5.74, 6) is -1.10. The Morgan fingerprint density at radius 2 is 1.95 bits per heavy atom. The Morgan fingerprint density at radius 1 is 1.21 bits per heavy atom. The molecular weight excluding hydrogens is 575 g/mol. The molecule has 0 unspecified atom stereocenters. The van der Waals surface area contributed by atoms with Crippen LogP contribution in [0.3, 0.4) is 0 Å². The number of nitrogen functional groups attached to an aromatic ring is 1. The lowest BCUT2D eigenvalue weighted by Gasteiger charge is -2.40. The summed E-state index contributed by atoms with van der Waals surface area (Å²) in [5, 5.41) is 0.168. The molecular formula is C29H31FN8O4S. The molecule has 5 heterocycles. The number of carbonyl (C=O) groups is 1. The molecule has 2 N–H and O–H groups in total. The van der Waals surface area contributed by atoms with Gasteiger partial charge in [0, 0.05) is 49.9 Å². The topological polar surface area (TPSA) is 157 Å². The first-order valence-electron chi connectivity index (χ1n) is 13.5. The lowest BCUT2D eigenvalue weighted by molar-refractivity contribution is -0.126. The highest BCUT2D eigenvalue weighted by molar-refractivity contribution is 7.90. The van der Waals surface area contributed by atoms with Crippen LogP contribution in [0.4, 0.5) is 15.9 Å². The van der Waals surface area contributed by atoms with E-state index in [2.05, 4.69) is 26.5 Å². The highest BCUT2D eigenvalue weighted by Crippen LogP contribution is 2.35. The van der Waals surface area contributed by atoms with E-state index in [0.717, 1.165) is 10.8 Å². The molecule has 0 saturated carbocycles. The van der Waals surface area contributed by atoms with Crippen molar-refractivity contribution in [1.82, 2.24) is 29.4 Å². The molecule has 1 aliphatic rings. The van der Waals surface area contributed by atoms with Gasteiger partial charge >= 0.3 is 5.69 Å². The standard InChI is InChI=1S/C29H31FN8O4S/c1-6-23(39)36-11-12-37(17(4)15-36)27-19-13-20(30)25(18-7-9-32-14-21(18)31)34-28(19)38(29(40)35-27)26-22(43(5,41)42)8-10-33-24(26)16(2)3/h6-10,13-14,16-17H,1,11-12,15,31H2,2-5H3/t17-/m0/s1. The number of hydrogen-bond acceptors (Lipinski definition) is 10. The second kappa shape index (κ2) is 11.2. The molecule has 5 rings (SSSR count). The van der Waals surface area contributed by atoms with Gasteiger partial charge in [-0.05, 0) is 37.1 Å². The number of rotatable bonds is 6. The Kier molecular flexibility index (Phi) is 7.73. The number of nitrogens with two attached hydrogens (primary N) is 1. The molecule has 43 heavy (non-hydrogen) atoms. The predicted molar refractivity (Wildman–Crippen MR) is 161 cm³/mol. The molecule has 4 aromatic heterocycles. The molecule has 12 nitrogen and oxygen atoms in total. The summed E-state index contributed by atoms with van der Waals surface area (Å²) in [6, 6.07) is 3.72. The molecule has 1 amide bonds. The van der Waals surface area contributed by atoms with Crippen molar-refractivity contribution in [2.45, 2.75) is 37.6 Å². The van der Waals surface area contributed by atoms with E-state index in [1.54, 1.807) is 4.90 Å². The Labute approximate surface area is 247 Å². The third-order valence-electron chi connectivity index (χ3n) is 7.38. The van der Waals surface area contributed by atoms with E-state index >= 15 is 4.39 Å². The number of sulfone groups is 1. The van der Waals surface area contributed by atoms with Crippen LogP contribution in [0.1, 0.15) is 32.4 Å². The SMILES string of the molecule is C=CC(=O)N1CCN(c2nc(=O)n(-c3c(S(C)(=O)=O)ccnc3C(C)C)c3nc(-c4ccncc4N)c(F)cc23)[C@@H](C)C1. The van der Waals surface area contributed by atoms with Crippen molar-refractivity contribution < 1.29 is 17.6 Å². The van der Waals surface area contributed by atoms with E-state index in [0.29, 0.717) is 25.3 Å². The Hall–Kier alpha value is -4.72. The molecule has 1 saturated heterocycles. The maximum absolute atomic E-state index is 15.9. The zero-order chi connectivity index (χ0) is 31.2. The highest BCUT2D eigenvalue weighted by Gasteiger charge is 2.31. The van der Waals surface area contributed by atoms with Crippen LogP contribution in [-0.4, -0.2) is 75.7 Å². The summed E-state index contributed by atoms with van der Waals surface area (Å²) >= 11 is 0. The van der Waals surface area contributed by atoms with Gasteiger partial charge in [0.1, 0.15) is 17.3 Å². The average Bonchev–Trinajstić information content (AvgIpc) is 2.96. The van der Waals surface area contributed by atoms with E-state index in [4.69, 9.17) is 5.73 Å². The quantitative estimate of drug-likeness (QED) is 0.324. The normalized spacial score (nSPS) is 15.7. The predicted octanol–water partition coefficient (Wildman–Crippen LogP) is 2.71. The minimum absolute atomic E-state index is 0.00347. The van der Waals surface area contributed by atoms with Gasteiger partial charge in [-0.2, -0.15) is 4.98 Å². The number of hydrogen-bond donors (Lipinski definition) is 1. The van der Waals surface area contributed by atoms with Gasteiger partial charge in [0.25, 0.3) is 0 Å². The first-order valence-corrected chi connectivity index (χ1v) is 15.4. The van der Waals surface area contributed by atoms with E-state index in [-0.39, 0.29) is 62.2 Å². The molecule has 4 aromatic rings. The van der Waals surface area contributed by atoms with Crippen molar-refractivity contribution in [3.05, 3.63) is 71.4 Å². The summed E-state index contributed by atoms with van der Waals surface area (Å²) < 4.78 is 43.0. The fourth-order valence-corrected chi connectivity index (χ4v) is 6.19. The summed E-state index contributed by atoms with van der Waals surface area (Å²) in [6.07, 6.45) is 6.44. The molecule has 1 aliphatic heterocycles. The molecule has 1 fully saturated rings. The van der Waals surface area contributed by atoms with E-state index < -0.39 is 21.3 Å². The Balaban J connectivity index is 1.88. The Morgan fingerprint density at radius 3 is 2.58 bits per heavy atom. The molecule has 1 atom stereocenters.